The molecule has 0 unspecified atom stereocenters. The van der Waals surface area contributed by atoms with E-state index in [1.165, 1.54) is 18.1 Å². The van der Waals surface area contributed by atoms with Gasteiger partial charge in [-0.1, -0.05) is 11.8 Å². The summed E-state index contributed by atoms with van der Waals surface area (Å²) in [5.41, 5.74) is 0.742. The average Bonchev–Trinajstić information content (AvgIpc) is 2.91. The minimum absolute atomic E-state index is 0.0745. The third-order valence-electron chi connectivity index (χ3n) is 2.18. The Labute approximate surface area is 115 Å². The summed E-state index contributed by atoms with van der Waals surface area (Å²) in [6, 6.07) is 7.48. The van der Waals surface area contributed by atoms with Crippen LogP contribution in [0.1, 0.15) is 6.92 Å². The Bertz CT molecular complexity index is 513. The normalized spacial score (nSPS) is 10.4. The summed E-state index contributed by atoms with van der Waals surface area (Å²) in [4.78, 5) is 16.5. The van der Waals surface area contributed by atoms with Crippen molar-refractivity contribution in [3.63, 3.8) is 0 Å². The van der Waals surface area contributed by atoms with Crippen molar-refractivity contribution in [1.29, 1.82) is 0 Å². The molecule has 1 heterocycles. The fourth-order valence-corrected chi connectivity index (χ4v) is 2.05. The van der Waals surface area contributed by atoms with Crippen LogP contribution in [0.2, 0.25) is 0 Å². The van der Waals surface area contributed by atoms with E-state index >= 15 is 0 Å². The molecule has 0 aliphatic carbocycles. The van der Waals surface area contributed by atoms with Gasteiger partial charge in [-0.05, 0) is 31.2 Å². The lowest BCUT2D eigenvalue weighted by atomic mass is 10.3. The first-order chi connectivity index (χ1) is 9.28. The van der Waals surface area contributed by atoms with E-state index in [9.17, 15) is 4.79 Å². The molecule has 7 heteroatoms. The Morgan fingerprint density at radius 1 is 1.42 bits per heavy atom. The second kappa shape index (κ2) is 6.91. The van der Waals surface area contributed by atoms with E-state index in [-0.39, 0.29) is 12.5 Å². The number of ether oxygens (including phenoxy) is 1. The molecule has 2 rings (SSSR count). The number of aromatic nitrogens is 3. The zero-order valence-corrected chi connectivity index (χ0v) is 11.2. The number of rotatable bonds is 6. The van der Waals surface area contributed by atoms with E-state index in [1.807, 2.05) is 31.2 Å². The lowest BCUT2D eigenvalue weighted by Crippen LogP contribution is -2.18. The van der Waals surface area contributed by atoms with Crippen LogP contribution in [0.25, 0.3) is 0 Å². The molecule has 19 heavy (non-hydrogen) atoms. The minimum atomic E-state index is -0.155. The van der Waals surface area contributed by atoms with E-state index in [0.717, 1.165) is 15.7 Å². The highest BCUT2D eigenvalue weighted by molar-refractivity contribution is 7.99. The smallest absolute Gasteiger partial charge is 0.250 e. The van der Waals surface area contributed by atoms with Crippen molar-refractivity contribution < 1.29 is 9.53 Å². The molecule has 0 fully saturated rings. The van der Waals surface area contributed by atoms with E-state index < -0.39 is 0 Å². The molecule has 1 aromatic carbocycles. The topological polar surface area (TPSA) is 79.9 Å². The number of carbonyl (C=O) groups excluding carboxylic acids is 1. The molecule has 0 saturated carbocycles. The van der Waals surface area contributed by atoms with Gasteiger partial charge in [0.1, 0.15) is 12.9 Å². The molecule has 6 nitrogen and oxygen atoms in total. The second-order valence-electron chi connectivity index (χ2n) is 3.60. The fraction of sp³-hybridized carbons (Fsp3) is 0.250. The number of H-pyrrole nitrogens is 1. The molecule has 0 radical (unpaired) electrons. The molecule has 0 saturated heterocycles. The van der Waals surface area contributed by atoms with Crippen LogP contribution in [0.3, 0.4) is 0 Å². The van der Waals surface area contributed by atoms with Gasteiger partial charge >= 0.3 is 0 Å². The molecule has 1 aromatic heterocycles. The highest BCUT2D eigenvalue weighted by Gasteiger charge is 2.03. The lowest BCUT2D eigenvalue weighted by molar-refractivity contribution is -0.120. The monoisotopic (exact) mass is 278 g/mol. The first kappa shape index (κ1) is 13.6. The maximum absolute atomic E-state index is 11.4. The van der Waals surface area contributed by atoms with Gasteiger partial charge in [0.2, 0.25) is 5.91 Å². The van der Waals surface area contributed by atoms with Gasteiger partial charge in [0.05, 0.1) is 0 Å². The van der Waals surface area contributed by atoms with Crippen LogP contribution in [-0.4, -0.2) is 34.3 Å². The Kier molecular flexibility index (Phi) is 4.93. The van der Waals surface area contributed by atoms with Gasteiger partial charge in [-0.2, -0.15) is 5.10 Å². The van der Waals surface area contributed by atoms with Gasteiger partial charge in [-0.15, -0.1) is 0 Å². The first-order valence-corrected chi connectivity index (χ1v) is 6.60. The summed E-state index contributed by atoms with van der Waals surface area (Å²) in [6.07, 6.45) is 1.46. The molecule has 0 atom stereocenters. The van der Waals surface area contributed by atoms with Crippen LogP contribution < -0.4 is 5.32 Å². The summed E-state index contributed by atoms with van der Waals surface area (Å²) >= 11 is 1.47. The van der Waals surface area contributed by atoms with Crippen LogP contribution in [0.4, 0.5) is 5.69 Å². The summed E-state index contributed by atoms with van der Waals surface area (Å²) in [7, 11) is 0. The van der Waals surface area contributed by atoms with Crippen molar-refractivity contribution in [1.82, 2.24) is 15.2 Å². The second-order valence-corrected chi connectivity index (χ2v) is 4.66. The zero-order valence-electron chi connectivity index (χ0n) is 10.4. The van der Waals surface area contributed by atoms with Crippen LogP contribution in [0.5, 0.6) is 0 Å². The molecular formula is C12H14N4O2S. The van der Waals surface area contributed by atoms with Gasteiger partial charge in [0, 0.05) is 17.2 Å². The Hall–Kier alpha value is -1.86. The number of carbonyl (C=O) groups is 1. The molecule has 100 valence electrons. The Morgan fingerprint density at radius 3 is 2.84 bits per heavy atom. The number of benzene rings is 1. The third-order valence-corrected chi connectivity index (χ3v) is 3.08. The van der Waals surface area contributed by atoms with Crippen molar-refractivity contribution in [2.24, 2.45) is 0 Å². The SMILES string of the molecule is CCOCC(=O)Nc1ccc(Sc2ncn[nH]2)cc1. The molecule has 0 spiro atoms. The summed E-state index contributed by atoms with van der Waals surface area (Å²) < 4.78 is 5.03. The van der Waals surface area contributed by atoms with Crippen molar-refractivity contribution in [3.05, 3.63) is 30.6 Å². The quantitative estimate of drug-likeness (QED) is 0.844. The third kappa shape index (κ3) is 4.38. The fourth-order valence-electron chi connectivity index (χ4n) is 1.35. The zero-order chi connectivity index (χ0) is 13.5. The van der Waals surface area contributed by atoms with Crippen molar-refractivity contribution in [2.45, 2.75) is 17.0 Å². The van der Waals surface area contributed by atoms with Crippen LogP contribution in [-0.2, 0) is 9.53 Å². The van der Waals surface area contributed by atoms with Crippen LogP contribution >= 0.6 is 11.8 Å². The van der Waals surface area contributed by atoms with Gasteiger partial charge in [0.25, 0.3) is 0 Å². The first-order valence-electron chi connectivity index (χ1n) is 5.79. The van der Waals surface area contributed by atoms with Crippen molar-refractivity contribution in [3.8, 4) is 0 Å². The number of hydrogen-bond acceptors (Lipinski definition) is 5. The highest BCUT2D eigenvalue weighted by atomic mass is 32.2. The number of amides is 1. The number of anilines is 1. The van der Waals surface area contributed by atoms with Crippen molar-refractivity contribution in [2.75, 3.05) is 18.5 Å². The average molecular weight is 278 g/mol. The predicted octanol–water partition coefficient (Wildman–Crippen LogP) is 1.93. The Balaban J connectivity index is 1.89. The van der Waals surface area contributed by atoms with Crippen molar-refractivity contribution >= 4 is 23.4 Å². The van der Waals surface area contributed by atoms with Crippen LogP contribution in [0, 0.1) is 0 Å². The summed E-state index contributed by atoms with van der Waals surface area (Å²) in [6.45, 7) is 2.45. The lowest BCUT2D eigenvalue weighted by Gasteiger charge is -2.05. The standard InChI is InChI=1S/C12H14N4O2S/c1-2-18-7-11(17)15-9-3-5-10(6-4-9)19-12-13-8-14-16-12/h3-6,8H,2,7H2,1H3,(H,15,17)(H,13,14,16). The molecule has 0 aliphatic rings. The summed E-state index contributed by atoms with van der Waals surface area (Å²) in [5, 5.41) is 10.0. The van der Waals surface area contributed by atoms with E-state index in [2.05, 4.69) is 20.5 Å². The summed E-state index contributed by atoms with van der Waals surface area (Å²) in [5.74, 6) is -0.155. The van der Waals surface area contributed by atoms with E-state index in [0.29, 0.717) is 6.61 Å². The van der Waals surface area contributed by atoms with Gasteiger partial charge in [0.15, 0.2) is 5.16 Å². The molecule has 1 amide bonds. The molecular weight excluding hydrogens is 264 g/mol. The Morgan fingerprint density at radius 2 is 2.21 bits per heavy atom. The largest absolute Gasteiger partial charge is 0.372 e. The van der Waals surface area contributed by atoms with E-state index in [1.54, 1.807) is 0 Å². The number of nitrogens with one attached hydrogen (secondary N) is 2. The minimum Gasteiger partial charge on any atom is -0.372 e. The van der Waals surface area contributed by atoms with E-state index in [4.69, 9.17) is 4.74 Å². The molecule has 0 aliphatic heterocycles. The maximum atomic E-state index is 11.4. The highest BCUT2D eigenvalue weighted by Crippen LogP contribution is 2.25. The van der Waals surface area contributed by atoms with Gasteiger partial charge in [-0.25, -0.2) is 4.98 Å². The predicted molar refractivity (Wildman–Crippen MR) is 72.1 cm³/mol. The molecule has 2 aromatic rings. The molecule has 0 bridgehead atoms. The van der Waals surface area contributed by atoms with Crippen LogP contribution in [0.15, 0.2) is 40.6 Å². The molecule has 2 N–H and O–H groups in total. The van der Waals surface area contributed by atoms with Gasteiger partial charge < -0.3 is 10.1 Å². The number of nitrogens with zero attached hydrogens (tertiary/aromatic N) is 2. The number of hydrogen-bond donors (Lipinski definition) is 2. The van der Waals surface area contributed by atoms with Gasteiger partial charge in [-0.3, -0.25) is 9.89 Å². The number of aromatic amines is 1. The maximum Gasteiger partial charge on any atom is 0.250 e.